The van der Waals surface area contributed by atoms with Gasteiger partial charge in [-0.2, -0.15) is 5.26 Å². The van der Waals surface area contributed by atoms with Gasteiger partial charge in [0.05, 0.1) is 12.0 Å². The Bertz CT molecular complexity index is 332. The molecule has 0 radical (unpaired) electrons. The predicted octanol–water partition coefficient (Wildman–Crippen LogP) is 2.84. The van der Waals surface area contributed by atoms with Gasteiger partial charge in [0.15, 0.2) is 0 Å². The van der Waals surface area contributed by atoms with E-state index in [9.17, 15) is 0 Å². The molecule has 1 aromatic carbocycles. The van der Waals surface area contributed by atoms with Crippen LogP contribution in [0, 0.1) is 31.1 Å². The van der Waals surface area contributed by atoms with Gasteiger partial charge < -0.3 is 4.74 Å². The zero-order chi connectivity index (χ0) is 10.6. The number of hydrogen-bond acceptors (Lipinski definition) is 2. The van der Waals surface area contributed by atoms with Crippen LogP contribution < -0.4 is 4.74 Å². The normalized spacial score (nSPS) is 11.9. The second-order valence-electron chi connectivity index (χ2n) is 3.56. The maximum atomic E-state index is 8.62. The van der Waals surface area contributed by atoms with Crippen LogP contribution in [0.5, 0.6) is 5.75 Å². The van der Waals surface area contributed by atoms with Crippen LogP contribution in [0.2, 0.25) is 0 Å². The van der Waals surface area contributed by atoms with Crippen LogP contribution in [-0.4, -0.2) is 6.61 Å². The largest absolute Gasteiger partial charge is 0.492 e. The van der Waals surface area contributed by atoms with E-state index in [0.717, 1.165) is 16.9 Å². The van der Waals surface area contributed by atoms with E-state index in [2.05, 4.69) is 6.07 Å². The van der Waals surface area contributed by atoms with E-state index in [1.54, 1.807) is 0 Å². The lowest BCUT2D eigenvalue weighted by molar-refractivity contribution is 0.284. The molecule has 2 heteroatoms. The minimum Gasteiger partial charge on any atom is -0.492 e. The predicted molar refractivity (Wildman–Crippen MR) is 56.2 cm³/mol. The van der Waals surface area contributed by atoms with Crippen molar-refractivity contribution >= 4 is 0 Å². The molecule has 14 heavy (non-hydrogen) atoms. The van der Waals surface area contributed by atoms with Gasteiger partial charge in [-0.3, -0.25) is 0 Å². The molecule has 0 spiro atoms. The van der Waals surface area contributed by atoms with E-state index < -0.39 is 0 Å². The van der Waals surface area contributed by atoms with Gasteiger partial charge in [0, 0.05) is 0 Å². The lowest BCUT2D eigenvalue weighted by atomic mass is 10.1. The Morgan fingerprint density at radius 3 is 2.43 bits per heavy atom. The molecule has 2 nitrogen and oxygen atoms in total. The molecule has 0 aliphatic carbocycles. The molecule has 0 fully saturated rings. The van der Waals surface area contributed by atoms with Gasteiger partial charge in [0.1, 0.15) is 12.4 Å². The molecule has 0 heterocycles. The van der Waals surface area contributed by atoms with Crippen LogP contribution in [-0.2, 0) is 0 Å². The van der Waals surface area contributed by atoms with Gasteiger partial charge in [-0.25, -0.2) is 0 Å². The Morgan fingerprint density at radius 2 is 1.93 bits per heavy atom. The lowest BCUT2D eigenvalue weighted by Gasteiger charge is -2.12. The minimum absolute atomic E-state index is 0.0611. The van der Waals surface area contributed by atoms with Crippen LogP contribution in [0.25, 0.3) is 0 Å². The van der Waals surface area contributed by atoms with E-state index >= 15 is 0 Å². The highest BCUT2D eigenvalue weighted by atomic mass is 16.5. The summed E-state index contributed by atoms with van der Waals surface area (Å²) in [5.41, 5.74) is 2.24. The van der Waals surface area contributed by atoms with E-state index in [0.29, 0.717) is 6.61 Å². The highest BCUT2D eigenvalue weighted by Crippen LogP contribution is 2.22. The van der Waals surface area contributed by atoms with Crippen molar-refractivity contribution in [1.29, 1.82) is 5.26 Å². The van der Waals surface area contributed by atoms with Gasteiger partial charge >= 0.3 is 0 Å². The Labute approximate surface area is 85.1 Å². The number of hydrogen-bond donors (Lipinski definition) is 0. The van der Waals surface area contributed by atoms with Crippen molar-refractivity contribution in [3.8, 4) is 11.8 Å². The molecule has 1 atom stereocenters. The Morgan fingerprint density at radius 1 is 1.36 bits per heavy atom. The average Bonchev–Trinajstić information content (AvgIpc) is 2.16. The SMILES string of the molecule is Cc1cccc(C)c1OCC(C)C#N. The van der Waals surface area contributed by atoms with Crippen molar-refractivity contribution in [1.82, 2.24) is 0 Å². The fraction of sp³-hybridized carbons (Fsp3) is 0.417. The Kier molecular flexibility index (Phi) is 3.53. The first-order valence-electron chi connectivity index (χ1n) is 4.73. The van der Waals surface area contributed by atoms with Crippen molar-refractivity contribution in [2.24, 2.45) is 5.92 Å². The molecule has 0 N–H and O–H groups in total. The third kappa shape index (κ3) is 2.50. The number of rotatable bonds is 3. The number of benzene rings is 1. The van der Waals surface area contributed by atoms with Crippen LogP contribution in [0.1, 0.15) is 18.1 Å². The van der Waals surface area contributed by atoms with Crippen LogP contribution >= 0.6 is 0 Å². The molecule has 74 valence electrons. The van der Waals surface area contributed by atoms with Crippen LogP contribution in [0.3, 0.4) is 0 Å². The second kappa shape index (κ2) is 4.66. The molecule has 1 rings (SSSR count). The van der Waals surface area contributed by atoms with Gasteiger partial charge in [0.2, 0.25) is 0 Å². The highest BCUT2D eigenvalue weighted by molar-refractivity contribution is 5.39. The summed E-state index contributed by atoms with van der Waals surface area (Å²) >= 11 is 0. The van der Waals surface area contributed by atoms with Crippen molar-refractivity contribution < 1.29 is 4.74 Å². The smallest absolute Gasteiger partial charge is 0.125 e. The Hall–Kier alpha value is -1.49. The fourth-order valence-corrected chi connectivity index (χ4v) is 1.27. The van der Waals surface area contributed by atoms with Gasteiger partial charge in [0.25, 0.3) is 0 Å². The number of nitriles is 1. The molecule has 1 unspecified atom stereocenters. The van der Waals surface area contributed by atoms with Crippen molar-refractivity contribution in [3.05, 3.63) is 29.3 Å². The lowest BCUT2D eigenvalue weighted by Crippen LogP contribution is -2.07. The molecular formula is C12H15NO. The number of para-hydroxylation sites is 1. The number of aryl methyl sites for hydroxylation is 2. The first-order chi connectivity index (χ1) is 6.65. The number of nitrogens with zero attached hydrogens (tertiary/aromatic N) is 1. The van der Waals surface area contributed by atoms with E-state index in [1.807, 2.05) is 39.0 Å². The summed E-state index contributed by atoms with van der Waals surface area (Å²) in [6, 6.07) is 8.18. The summed E-state index contributed by atoms with van der Waals surface area (Å²) in [6.45, 7) is 6.34. The topological polar surface area (TPSA) is 33.0 Å². The zero-order valence-electron chi connectivity index (χ0n) is 8.87. The molecular weight excluding hydrogens is 174 g/mol. The molecule has 0 saturated carbocycles. The minimum atomic E-state index is -0.0611. The summed E-state index contributed by atoms with van der Waals surface area (Å²) in [7, 11) is 0. The van der Waals surface area contributed by atoms with E-state index in [4.69, 9.17) is 10.00 Å². The van der Waals surface area contributed by atoms with Gasteiger partial charge in [-0.1, -0.05) is 18.2 Å². The van der Waals surface area contributed by atoms with Gasteiger partial charge in [-0.15, -0.1) is 0 Å². The second-order valence-corrected chi connectivity index (χ2v) is 3.56. The van der Waals surface area contributed by atoms with Crippen molar-refractivity contribution in [2.75, 3.05) is 6.61 Å². The molecule has 0 aliphatic heterocycles. The molecule has 0 amide bonds. The summed E-state index contributed by atoms with van der Waals surface area (Å²) in [4.78, 5) is 0. The summed E-state index contributed by atoms with van der Waals surface area (Å²) in [6.07, 6.45) is 0. The number of ether oxygens (including phenoxy) is 1. The molecule has 0 aliphatic rings. The summed E-state index contributed by atoms with van der Waals surface area (Å²) in [5, 5.41) is 8.62. The average molecular weight is 189 g/mol. The Balaban J connectivity index is 2.72. The van der Waals surface area contributed by atoms with E-state index in [1.165, 1.54) is 0 Å². The summed E-state index contributed by atoms with van der Waals surface area (Å²) in [5.74, 6) is 0.851. The van der Waals surface area contributed by atoms with E-state index in [-0.39, 0.29) is 5.92 Å². The maximum absolute atomic E-state index is 8.62. The van der Waals surface area contributed by atoms with Crippen LogP contribution in [0.15, 0.2) is 18.2 Å². The first kappa shape index (κ1) is 10.6. The van der Waals surface area contributed by atoms with Crippen LogP contribution in [0.4, 0.5) is 0 Å². The molecule has 1 aromatic rings. The maximum Gasteiger partial charge on any atom is 0.125 e. The zero-order valence-corrected chi connectivity index (χ0v) is 8.87. The van der Waals surface area contributed by atoms with Crippen molar-refractivity contribution in [3.63, 3.8) is 0 Å². The first-order valence-corrected chi connectivity index (χ1v) is 4.73. The molecule has 0 bridgehead atoms. The third-order valence-corrected chi connectivity index (χ3v) is 2.11. The monoisotopic (exact) mass is 189 g/mol. The molecule has 0 saturated heterocycles. The fourth-order valence-electron chi connectivity index (χ4n) is 1.27. The third-order valence-electron chi connectivity index (χ3n) is 2.11. The van der Waals surface area contributed by atoms with Crippen molar-refractivity contribution in [2.45, 2.75) is 20.8 Å². The molecule has 0 aromatic heterocycles. The standard InChI is InChI=1S/C12H15NO/c1-9(7-13)8-14-12-10(2)5-4-6-11(12)3/h4-6,9H,8H2,1-3H3. The quantitative estimate of drug-likeness (QED) is 0.732. The summed E-state index contributed by atoms with van der Waals surface area (Å²) < 4.78 is 5.60. The van der Waals surface area contributed by atoms with Gasteiger partial charge in [-0.05, 0) is 31.9 Å². The highest BCUT2D eigenvalue weighted by Gasteiger charge is 2.05.